The maximum absolute atomic E-state index is 13.4. The number of anilines is 1. The molecule has 0 saturated carbocycles. The number of nitrogens with two attached hydrogens (primary N) is 1. The van der Waals surface area contributed by atoms with E-state index in [0.29, 0.717) is 10.3 Å². The van der Waals surface area contributed by atoms with Gasteiger partial charge < -0.3 is 40.8 Å². The molecular formula is C30H31N7O10S3. The van der Waals surface area contributed by atoms with Crippen molar-refractivity contribution in [2.45, 2.75) is 55.8 Å². The summed E-state index contributed by atoms with van der Waals surface area (Å²) in [6.07, 6.45) is 4.18. The summed E-state index contributed by atoms with van der Waals surface area (Å²) in [7, 11) is 0. The number of oxime groups is 1. The van der Waals surface area contributed by atoms with Crippen LogP contribution in [-0.4, -0.2) is 82.9 Å². The van der Waals surface area contributed by atoms with Gasteiger partial charge in [-0.25, -0.2) is 9.78 Å². The summed E-state index contributed by atoms with van der Waals surface area (Å²) >= 11 is 3.62. The second kappa shape index (κ2) is 14.8. The van der Waals surface area contributed by atoms with Crippen LogP contribution in [0.3, 0.4) is 0 Å². The number of carbonyl (C=O) groups excluding carboxylic acids is 4. The van der Waals surface area contributed by atoms with Crippen LogP contribution in [-0.2, 0) is 41.9 Å². The number of pyridine rings is 2. The van der Waals surface area contributed by atoms with Crippen molar-refractivity contribution in [1.82, 2.24) is 19.9 Å². The van der Waals surface area contributed by atoms with Crippen molar-refractivity contribution in [3.05, 3.63) is 75.1 Å². The van der Waals surface area contributed by atoms with E-state index in [1.165, 1.54) is 28.9 Å². The SMILES string of the molecule is CC(C)(C)OC(=O)C[n+]1ccc(SCC2=C(C(=O)[O-])N3C(=O)[C@@H](NC(=O)/C(=N\OCc4cc(=O)c(O)cn4O)c4csc(N)n4)[C@H]3SC2)cc1. The summed E-state index contributed by atoms with van der Waals surface area (Å²) in [5.74, 6) is -3.68. The van der Waals surface area contributed by atoms with Crippen molar-refractivity contribution >= 4 is 69.5 Å². The lowest BCUT2D eigenvalue weighted by Crippen LogP contribution is -2.71. The van der Waals surface area contributed by atoms with Gasteiger partial charge in [-0.1, -0.05) is 5.16 Å². The number of nitrogens with one attached hydrogen (secondary N) is 1. The van der Waals surface area contributed by atoms with Gasteiger partial charge in [0.25, 0.3) is 11.8 Å². The predicted octanol–water partition coefficient (Wildman–Crippen LogP) is -0.424. The van der Waals surface area contributed by atoms with Crippen molar-refractivity contribution in [3.63, 3.8) is 0 Å². The Morgan fingerprint density at radius 1 is 1.26 bits per heavy atom. The Labute approximate surface area is 296 Å². The normalized spacial score (nSPS) is 17.5. The van der Waals surface area contributed by atoms with Gasteiger partial charge >= 0.3 is 5.97 Å². The van der Waals surface area contributed by atoms with Gasteiger partial charge in [-0.3, -0.25) is 19.3 Å². The fourth-order valence-electron chi connectivity index (χ4n) is 4.76. The number of aromatic nitrogens is 3. The largest absolute Gasteiger partial charge is 0.543 e. The van der Waals surface area contributed by atoms with Crippen molar-refractivity contribution < 1.29 is 48.7 Å². The number of hydrogen-bond acceptors (Lipinski definition) is 16. The van der Waals surface area contributed by atoms with Gasteiger partial charge in [-0.2, -0.15) is 9.30 Å². The Kier molecular flexibility index (Phi) is 10.7. The Balaban J connectivity index is 1.24. The molecule has 0 bridgehead atoms. The number of nitrogen functional groups attached to an aromatic ring is 1. The number of thiazole rings is 1. The number of aromatic hydroxyl groups is 1. The molecule has 5 N–H and O–H groups in total. The summed E-state index contributed by atoms with van der Waals surface area (Å²) in [5, 5.41) is 38.8. The maximum atomic E-state index is 13.4. The summed E-state index contributed by atoms with van der Waals surface area (Å²) in [4.78, 5) is 73.9. The molecule has 0 aromatic carbocycles. The third-order valence-electron chi connectivity index (χ3n) is 6.97. The first-order valence-electron chi connectivity index (χ1n) is 14.7. The number of hydrogen-bond donors (Lipinski definition) is 4. The molecule has 0 spiro atoms. The van der Waals surface area contributed by atoms with E-state index in [4.69, 9.17) is 15.3 Å². The molecule has 2 aliphatic heterocycles. The van der Waals surface area contributed by atoms with Crippen molar-refractivity contribution in [2.24, 2.45) is 5.16 Å². The average Bonchev–Trinajstić information content (AvgIpc) is 3.47. The molecule has 3 aromatic heterocycles. The lowest BCUT2D eigenvalue weighted by molar-refractivity contribution is -0.686. The highest BCUT2D eigenvalue weighted by Crippen LogP contribution is 2.41. The van der Waals surface area contributed by atoms with Crippen LogP contribution in [0.2, 0.25) is 0 Å². The van der Waals surface area contributed by atoms with Gasteiger partial charge in [0.15, 0.2) is 35.6 Å². The molecule has 0 aliphatic carbocycles. The average molecular weight is 746 g/mol. The van der Waals surface area contributed by atoms with Crippen LogP contribution in [0, 0.1) is 0 Å². The summed E-state index contributed by atoms with van der Waals surface area (Å²) < 4.78 is 7.45. The van der Waals surface area contributed by atoms with Crippen LogP contribution in [0.5, 0.6) is 5.75 Å². The zero-order valence-electron chi connectivity index (χ0n) is 26.7. The van der Waals surface area contributed by atoms with Crippen molar-refractivity contribution in [1.29, 1.82) is 0 Å². The molecule has 17 nitrogen and oxygen atoms in total. The summed E-state index contributed by atoms with van der Waals surface area (Å²) in [5.41, 5.74) is 4.09. The number of nitrogens with zero attached hydrogens (tertiary/aromatic N) is 5. The molecule has 2 aliphatic rings. The Hall–Kier alpha value is -5.08. The third kappa shape index (κ3) is 8.37. The molecule has 0 radical (unpaired) electrons. The number of β-lactam (4-membered cyclic amide) rings is 1. The number of aliphatic carboxylic acids is 1. The Morgan fingerprint density at radius 2 is 1.98 bits per heavy atom. The minimum Gasteiger partial charge on any atom is -0.543 e. The minimum atomic E-state index is -1.53. The highest BCUT2D eigenvalue weighted by molar-refractivity contribution is 8.01. The molecule has 1 saturated heterocycles. The van der Waals surface area contributed by atoms with Crippen molar-refractivity contribution in [3.8, 4) is 5.75 Å². The topological polar surface area (TPSA) is 243 Å². The Morgan fingerprint density at radius 3 is 2.62 bits per heavy atom. The van der Waals surface area contributed by atoms with Gasteiger partial charge in [0.2, 0.25) is 12.0 Å². The first-order valence-corrected chi connectivity index (χ1v) is 17.6. The van der Waals surface area contributed by atoms with Crippen LogP contribution in [0.4, 0.5) is 5.13 Å². The number of thioether (sulfide) groups is 2. The van der Waals surface area contributed by atoms with E-state index in [0.717, 1.165) is 33.4 Å². The minimum absolute atomic E-state index is 0.0166. The first kappa shape index (κ1) is 36.2. The highest BCUT2D eigenvalue weighted by Gasteiger charge is 2.53. The second-order valence-corrected chi connectivity index (χ2v) is 14.9. The van der Waals surface area contributed by atoms with E-state index in [1.807, 2.05) is 0 Å². The summed E-state index contributed by atoms with van der Waals surface area (Å²) in [6, 6.07) is 3.34. The van der Waals surface area contributed by atoms with Gasteiger partial charge in [-0.05, 0) is 26.3 Å². The van der Waals surface area contributed by atoms with E-state index in [1.54, 1.807) is 49.9 Å². The number of ether oxygens (including phenoxy) is 1. The molecule has 20 heteroatoms. The predicted molar refractivity (Wildman–Crippen MR) is 178 cm³/mol. The quantitative estimate of drug-likeness (QED) is 0.0350. The van der Waals surface area contributed by atoms with Gasteiger partial charge in [0.1, 0.15) is 28.4 Å². The number of carboxylic acids is 1. The number of carbonyl (C=O) groups is 4. The van der Waals surface area contributed by atoms with E-state index >= 15 is 0 Å². The Bertz CT molecular complexity index is 1950. The molecule has 0 unspecified atom stereocenters. The van der Waals surface area contributed by atoms with Gasteiger partial charge in [-0.15, -0.1) is 34.9 Å². The molecule has 2 atom stereocenters. The number of rotatable bonds is 12. The third-order valence-corrected chi connectivity index (χ3v) is 10.1. The van der Waals surface area contributed by atoms with Crippen molar-refractivity contribution in [2.75, 3.05) is 17.2 Å². The fourth-order valence-corrected chi connectivity index (χ4v) is 7.67. The molecule has 3 aromatic rings. The van der Waals surface area contributed by atoms with E-state index in [-0.39, 0.29) is 51.9 Å². The number of esters is 1. The molecular weight excluding hydrogens is 715 g/mol. The van der Waals surface area contributed by atoms with E-state index in [9.17, 15) is 39.4 Å². The number of amides is 2. The first-order chi connectivity index (χ1) is 23.6. The van der Waals surface area contributed by atoms with Crippen LogP contribution < -0.4 is 26.2 Å². The lowest BCUT2D eigenvalue weighted by atomic mass is 10.0. The molecule has 50 heavy (non-hydrogen) atoms. The maximum Gasteiger partial charge on any atom is 0.373 e. The smallest absolute Gasteiger partial charge is 0.373 e. The van der Waals surface area contributed by atoms with Crippen LogP contribution in [0.1, 0.15) is 32.2 Å². The molecule has 5 rings (SSSR count). The monoisotopic (exact) mass is 745 g/mol. The molecule has 2 amide bonds. The van der Waals surface area contributed by atoms with E-state index < -0.39 is 52.6 Å². The fraction of sp³-hybridized carbons (Fsp3) is 0.333. The zero-order valence-corrected chi connectivity index (χ0v) is 29.2. The van der Waals surface area contributed by atoms with Crippen LogP contribution in [0.15, 0.2) is 68.3 Å². The molecule has 264 valence electrons. The molecule has 1 fully saturated rings. The standard InChI is InChI=1S/C30H31N7O10S3/c1-30(2,3)47-21(40)10-35-6-4-17(5-7-35)48-12-15-13-49-27-23(26(42)37(27)24(15)28(43)44)33-25(41)22(18-14-50-29(31)32-18)34-46-11-16-8-19(38)20(39)9-36(16)45/h4-9,14,23,27,45H,10-13H2,1-3H3,(H4-,31,32,33,39,41,43,44)/b34-22-/t23-,27-/m1/s1. The second-order valence-electron chi connectivity index (χ2n) is 11.8. The van der Waals surface area contributed by atoms with E-state index in [2.05, 4.69) is 15.5 Å². The van der Waals surface area contributed by atoms with Gasteiger partial charge in [0, 0.05) is 40.0 Å². The lowest BCUT2D eigenvalue weighted by Gasteiger charge is -2.50. The van der Waals surface area contributed by atoms with Crippen LogP contribution in [0.25, 0.3) is 0 Å². The van der Waals surface area contributed by atoms with Gasteiger partial charge in [0.05, 0.1) is 17.9 Å². The molecule has 5 heterocycles. The number of carboxylic acid groups (broad SMARTS) is 1. The zero-order chi connectivity index (χ0) is 36.3. The number of fused-ring (bicyclic) bond motifs is 1. The summed E-state index contributed by atoms with van der Waals surface area (Å²) in [6.45, 7) is 4.89. The highest BCUT2D eigenvalue weighted by atomic mass is 32.2. The van der Waals surface area contributed by atoms with Crippen LogP contribution >= 0.6 is 34.9 Å².